The summed E-state index contributed by atoms with van der Waals surface area (Å²) in [5.74, 6) is 1.71. The second-order valence-electron chi connectivity index (χ2n) is 4.12. The Morgan fingerprint density at radius 3 is 2.88 bits per heavy atom. The van der Waals surface area contributed by atoms with E-state index in [1.807, 2.05) is 36.7 Å². The molecule has 1 heterocycles. The largest absolute Gasteiger partial charge is 0.491 e. The summed E-state index contributed by atoms with van der Waals surface area (Å²) in [5.41, 5.74) is 1.95. The third-order valence-corrected chi connectivity index (χ3v) is 2.92. The van der Waals surface area contributed by atoms with E-state index in [4.69, 9.17) is 16.3 Å². The molecule has 1 aromatic heterocycles. The molecule has 92 valence electrons. The molecular formula is C13H17ClN2O. The van der Waals surface area contributed by atoms with Crippen LogP contribution in [0.4, 0.5) is 0 Å². The minimum Gasteiger partial charge on any atom is -0.491 e. The van der Waals surface area contributed by atoms with Crippen molar-refractivity contribution < 1.29 is 4.74 Å². The van der Waals surface area contributed by atoms with E-state index in [1.165, 1.54) is 0 Å². The van der Waals surface area contributed by atoms with Gasteiger partial charge in [-0.3, -0.25) is 0 Å². The van der Waals surface area contributed by atoms with Crippen molar-refractivity contribution >= 4 is 22.6 Å². The van der Waals surface area contributed by atoms with Gasteiger partial charge >= 0.3 is 0 Å². The van der Waals surface area contributed by atoms with Crippen LogP contribution >= 0.6 is 11.6 Å². The van der Waals surface area contributed by atoms with Crippen LogP contribution in [0.15, 0.2) is 18.2 Å². The first kappa shape index (κ1) is 12.2. The molecule has 2 rings (SSSR count). The fourth-order valence-electron chi connectivity index (χ4n) is 1.89. The van der Waals surface area contributed by atoms with Crippen LogP contribution in [0.5, 0.6) is 5.75 Å². The van der Waals surface area contributed by atoms with Crippen LogP contribution in [-0.2, 0) is 7.05 Å². The van der Waals surface area contributed by atoms with Crippen molar-refractivity contribution in [3.63, 3.8) is 0 Å². The van der Waals surface area contributed by atoms with E-state index in [9.17, 15) is 0 Å². The van der Waals surface area contributed by atoms with Crippen molar-refractivity contribution in [1.82, 2.24) is 9.55 Å². The minimum atomic E-state index is -0.105. The first-order valence-corrected chi connectivity index (χ1v) is 6.31. The third kappa shape index (κ3) is 2.25. The van der Waals surface area contributed by atoms with Crippen molar-refractivity contribution in [1.29, 1.82) is 0 Å². The van der Waals surface area contributed by atoms with Crippen LogP contribution in [0.3, 0.4) is 0 Å². The van der Waals surface area contributed by atoms with Gasteiger partial charge in [-0.2, -0.15) is 0 Å². The Kier molecular flexibility index (Phi) is 3.57. The lowest BCUT2D eigenvalue weighted by Gasteiger charge is -2.04. The predicted molar refractivity (Wildman–Crippen MR) is 70.8 cm³/mol. The highest BCUT2D eigenvalue weighted by Crippen LogP contribution is 2.29. The number of halogens is 1. The summed E-state index contributed by atoms with van der Waals surface area (Å²) >= 11 is 6.11. The Hall–Kier alpha value is -1.22. The van der Waals surface area contributed by atoms with E-state index in [-0.39, 0.29) is 5.38 Å². The lowest BCUT2D eigenvalue weighted by atomic mass is 10.3. The van der Waals surface area contributed by atoms with Gasteiger partial charge < -0.3 is 9.30 Å². The van der Waals surface area contributed by atoms with Gasteiger partial charge in [0.25, 0.3) is 0 Å². The van der Waals surface area contributed by atoms with E-state index in [1.54, 1.807) is 0 Å². The Morgan fingerprint density at radius 1 is 1.47 bits per heavy atom. The summed E-state index contributed by atoms with van der Waals surface area (Å²) in [4.78, 5) is 4.57. The van der Waals surface area contributed by atoms with Crippen molar-refractivity contribution in [2.24, 2.45) is 7.05 Å². The first-order chi connectivity index (χ1) is 8.15. The first-order valence-electron chi connectivity index (χ1n) is 5.87. The summed E-state index contributed by atoms with van der Waals surface area (Å²) in [7, 11) is 1.98. The van der Waals surface area contributed by atoms with Gasteiger partial charge in [0.2, 0.25) is 0 Å². The summed E-state index contributed by atoms with van der Waals surface area (Å²) < 4.78 is 7.72. The van der Waals surface area contributed by atoms with Gasteiger partial charge in [-0.1, -0.05) is 13.0 Å². The lowest BCUT2D eigenvalue weighted by molar-refractivity contribution is 0.320. The van der Waals surface area contributed by atoms with Gasteiger partial charge in [-0.25, -0.2) is 4.98 Å². The maximum Gasteiger partial charge on any atom is 0.147 e. The lowest BCUT2D eigenvalue weighted by Crippen LogP contribution is -1.97. The number of benzene rings is 1. The summed E-state index contributed by atoms with van der Waals surface area (Å²) in [6.07, 6.45) is 0.988. The Bertz CT molecular complexity index is 519. The second kappa shape index (κ2) is 4.96. The van der Waals surface area contributed by atoms with Gasteiger partial charge in [0, 0.05) is 7.05 Å². The molecule has 1 unspecified atom stereocenters. The number of imidazole rings is 1. The molecule has 0 aliphatic heterocycles. The van der Waals surface area contributed by atoms with Crippen LogP contribution < -0.4 is 4.74 Å². The molecule has 0 aliphatic carbocycles. The summed E-state index contributed by atoms with van der Waals surface area (Å²) in [6, 6.07) is 5.97. The van der Waals surface area contributed by atoms with Crippen molar-refractivity contribution in [2.75, 3.05) is 6.61 Å². The zero-order chi connectivity index (χ0) is 12.4. The van der Waals surface area contributed by atoms with Crippen molar-refractivity contribution in [2.45, 2.75) is 25.6 Å². The van der Waals surface area contributed by atoms with Gasteiger partial charge in [-0.05, 0) is 25.5 Å². The maximum absolute atomic E-state index is 6.11. The quantitative estimate of drug-likeness (QED) is 0.777. The van der Waals surface area contributed by atoms with Gasteiger partial charge in [0.1, 0.15) is 17.1 Å². The number of nitrogens with zero attached hydrogens (tertiary/aromatic N) is 2. The third-order valence-electron chi connectivity index (χ3n) is 2.73. The number of alkyl halides is 1. The Balaban J connectivity index is 2.52. The summed E-state index contributed by atoms with van der Waals surface area (Å²) in [6.45, 7) is 4.72. The molecule has 0 bridgehead atoms. The number of fused-ring (bicyclic) bond motifs is 1. The number of aromatic nitrogens is 2. The van der Waals surface area contributed by atoms with Crippen molar-refractivity contribution in [3.8, 4) is 5.75 Å². The van der Waals surface area contributed by atoms with Crippen LogP contribution in [0.2, 0.25) is 0 Å². The molecule has 0 amide bonds. The van der Waals surface area contributed by atoms with Crippen LogP contribution in [0.1, 0.15) is 31.5 Å². The maximum atomic E-state index is 6.11. The van der Waals surface area contributed by atoms with Gasteiger partial charge in [0.15, 0.2) is 0 Å². The van der Waals surface area contributed by atoms with Crippen LogP contribution in [0, 0.1) is 0 Å². The van der Waals surface area contributed by atoms with E-state index < -0.39 is 0 Å². The Morgan fingerprint density at radius 2 is 2.24 bits per heavy atom. The number of ether oxygens (including phenoxy) is 1. The molecule has 2 aromatic rings. The van der Waals surface area contributed by atoms with Gasteiger partial charge in [-0.15, -0.1) is 11.6 Å². The average molecular weight is 253 g/mol. The average Bonchev–Trinajstić information content (AvgIpc) is 2.65. The molecule has 1 atom stereocenters. The smallest absolute Gasteiger partial charge is 0.147 e. The standard InChI is InChI=1S/C13H17ClN2O/c1-4-8-17-11-7-5-6-10-12(11)15-13(9(2)14)16(10)3/h5-7,9H,4,8H2,1-3H3. The highest BCUT2D eigenvalue weighted by atomic mass is 35.5. The zero-order valence-corrected chi connectivity index (χ0v) is 11.2. The molecule has 0 radical (unpaired) electrons. The molecule has 0 aliphatic rings. The van der Waals surface area contributed by atoms with E-state index in [0.29, 0.717) is 6.61 Å². The molecule has 1 aromatic carbocycles. The number of aryl methyl sites for hydroxylation is 1. The van der Waals surface area contributed by atoms with Crippen LogP contribution in [0.25, 0.3) is 11.0 Å². The number of hydrogen-bond acceptors (Lipinski definition) is 2. The topological polar surface area (TPSA) is 27.1 Å². The molecule has 3 nitrogen and oxygen atoms in total. The molecule has 0 spiro atoms. The second-order valence-corrected chi connectivity index (χ2v) is 4.77. The fourth-order valence-corrected chi connectivity index (χ4v) is 2.09. The number of para-hydroxylation sites is 1. The number of rotatable bonds is 4. The van der Waals surface area contributed by atoms with Crippen molar-refractivity contribution in [3.05, 3.63) is 24.0 Å². The molecule has 17 heavy (non-hydrogen) atoms. The number of hydrogen-bond donors (Lipinski definition) is 0. The molecule has 0 N–H and O–H groups in total. The molecule has 0 fully saturated rings. The SMILES string of the molecule is CCCOc1cccc2c1nc(C(C)Cl)n2C. The Labute approximate surface area is 106 Å². The highest BCUT2D eigenvalue weighted by molar-refractivity contribution is 6.20. The highest BCUT2D eigenvalue weighted by Gasteiger charge is 2.14. The van der Waals surface area contributed by atoms with E-state index in [0.717, 1.165) is 29.0 Å². The molecular weight excluding hydrogens is 236 g/mol. The predicted octanol–water partition coefficient (Wildman–Crippen LogP) is 3.66. The van der Waals surface area contributed by atoms with E-state index >= 15 is 0 Å². The van der Waals surface area contributed by atoms with Crippen LogP contribution in [-0.4, -0.2) is 16.2 Å². The fraction of sp³-hybridized carbons (Fsp3) is 0.462. The zero-order valence-electron chi connectivity index (χ0n) is 10.4. The normalized spacial score (nSPS) is 12.9. The molecule has 0 saturated heterocycles. The molecule has 4 heteroatoms. The monoisotopic (exact) mass is 252 g/mol. The molecule has 0 saturated carbocycles. The minimum absolute atomic E-state index is 0.105. The van der Waals surface area contributed by atoms with Gasteiger partial charge in [0.05, 0.1) is 17.5 Å². The van der Waals surface area contributed by atoms with E-state index in [2.05, 4.69) is 11.9 Å². The summed E-state index contributed by atoms with van der Waals surface area (Å²) in [5, 5.41) is -0.105.